The molecule has 11 heteroatoms. The van der Waals surface area contributed by atoms with Crippen molar-refractivity contribution in [2.75, 3.05) is 31.5 Å². The average Bonchev–Trinajstić information content (AvgIpc) is 2.91. The van der Waals surface area contributed by atoms with Crippen LogP contribution in [0.15, 0.2) is 66.2 Å². The lowest BCUT2D eigenvalue weighted by atomic mass is 10.1. The van der Waals surface area contributed by atoms with E-state index in [4.69, 9.17) is 21.1 Å². The van der Waals surface area contributed by atoms with Crippen LogP contribution in [0.1, 0.15) is 15.9 Å². The Labute approximate surface area is 222 Å². The highest BCUT2D eigenvalue weighted by Crippen LogP contribution is 2.37. The number of anilines is 2. The van der Waals surface area contributed by atoms with Crippen molar-refractivity contribution >= 4 is 46.8 Å². The zero-order valence-corrected chi connectivity index (χ0v) is 21.0. The van der Waals surface area contributed by atoms with Gasteiger partial charge in [-0.15, -0.1) is 0 Å². The molecular weight excluding hydrogens is 517 g/mol. The monoisotopic (exact) mass is 537 g/mol. The molecule has 0 aliphatic carbocycles. The summed E-state index contributed by atoms with van der Waals surface area (Å²) in [6, 6.07) is 16.3. The minimum atomic E-state index is -0.696. The lowest BCUT2D eigenvalue weighted by molar-refractivity contribution is -0.118. The molecule has 0 aliphatic heterocycles. The van der Waals surface area contributed by atoms with Crippen LogP contribution in [0.4, 0.5) is 15.8 Å². The van der Waals surface area contributed by atoms with Gasteiger partial charge in [-0.3, -0.25) is 9.59 Å². The van der Waals surface area contributed by atoms with Crippen molar-refractivity contribution in [1.29, 1.82) is 5.26 Å². The van der Waals surface area contributed by atoms with Gasteiger partial charge in [-0.05, 0) is 60.2 Å². The van der Waals surface area contributed by atoms with E-state index in [0.717, 1.165) is 0 Å². The van der Waals surface area contributed by atoms with Gasteiger partial charge in [0.2, 0.25) is 0 Å². The van der Waals surface area contributed by atoms with Crippen molar-refractivity contribution in [2.45, 2.75) is 0 Å². The Morgan fingerprint density at radius 2 is 1.76 bits per heavy atom. The van der Waals surface area contributed by atoms with Gasteiger partial charge in [-0.1, -0.05) is 23.7 Å². The quantitative estimate of drug-likeness (QED) is 0.227. The molecule has 0 bridgehead atoms. The van der Waals surface area contributed by atoms with E-state index in [1.807, 2.05) is 6.07 Å². The maximum absolute atomic E-state index is 13.7. The van der Waals surface area contributed by atoms with Crippen molar-refractivity contribution in [1.82, 2.24) is 0 Å². The highest BCUT2D eigenvalue weighted by molar-refractivity contribution is 6.32. The Balaban J connectivity index is 1.72. The Bertz CT molecular complexity index is 1430. The third-order valence-electron chi connectivity index (χ3n) is 4.99. The number of esters is 1. The minimum absolute atomic E-state index is 0.00126. The Kier molecular flexibility index (Phi) is 9.40. The number of carbonyl (C=O) groups is 3. The summed E-state index contributed by atoms with van der Waals surface area (Å²) in [4.78, 5) is 36.4. The van der Waals surface area contributed by atoms with E-state index in [0.29, 0.717) is 16.8 Å². The first-order chi connectivity index (χ1) is 18.2. The second-order valence-corrected chi connectivity index (χ2v) is 7.95. The van der Waals surface area contributed by atoms with Gasteiger partial charge in [0.25, 0.3) is 11.8 Å². The van der Waals surface area contributed by atoms with Gasteiger partial charge < -0.3 is 24.8 Å². The van der Waals surface area contributed by atoms with E-state index in [1.165, 1.54) is 74.9 Å². The number of methoxy groups -OCH3 is 2. The van der Waals surface area contributed by atoms with Crippen molar-refractivity contribution in [3.63, 3.8) is 0 Å². The number of nitrogens with one attached hydrogen (secondary N) is 2. The summed E-state index contributed by atoms with van der Waals surface area (Å²) in [5.74, 6) is -2.26. The summed E-state index contributed by atoms with van der Waals surface area (Å²) in [5.41, 5.74) is 0.773. The van der Waals surface area contributed by atoms with Crippen LogP contribution in [0.3, 0.4) is 0 Å². The first-order valence-corrected chi connectivity index (χ1v) is 11.3. The summed E-state index contributed by atoms with van der Waals surface area (Å²) in [6.07, 6.45) is 1.29. The lowest BCUT2D eigenvalue weighted by Gasteiger charge is -2.14. The molecule has 3 rings (SSSR count). The molecule has 0 heterocycles. The van der Waals surface area contributed by atoms with Crippen LogP contribution in [0.25, 0.3) is 6.08 Å². The molecule has 3 aromatic rings. The number of hydrogen-bond donors (Lipinski definition) is 2. The number of nitrogens with zero attached hydrogens (tertiary/aromatic N) is 1. The van der Waals surface area contributed by atoms with E-state index >= 15 is 0 Å². The molecule has 3 aromatic carbocycles. The first-order valence-electron chi connectivity index (χ1n) is 10.9. The molecule has 0 saturated carbocycles. The standard InChI is InChI=1S/C27H21ClFN3O6/c1-36-23-13-16(11-18(14-30)26(34)31-19-9-7-17(8-10-19)27(35)37-2)12-20(28)25(23)38-15-24(33)32-22-6-4-3-5-21(22)29/h3-13H,15H2,1-2H3,(H,31,34)(H,32,33)/b18-11-. The Morgan fingerprint density at radius 3 is 2.39 bits per heavy atom. The number of benzene rings is 3. The van der Waals surface area contributed by atoms with E-state index in [9.17, 15) is 24.0 Å². The fourth-order valence-corrected chi connectivity index (χ4v) is 3.44. The predicted octanol–water partition coefficient (Wildman–Crippen LogP) is 4.84. The lowest BCUT2D eigenvalue weighted by Crippen LogP contribution is -2.21. The van der Waals surface area contributed by atoms with E-state index in [1.54, 1.807) is 6.07 Å². The average molecular weight is 538 g/mol. The van der Waals surface area contributed by atoms with E-state index < -0.39 is 30.2 Å². The number of carbonyl (C=O) groups excluding carboxylic acids is 3. The predicted molar refractivity (Wildman–Crippen MR) is 139 cm³/mol. The van der Waals surface area contributed by atoms with E-state index in [-0.39, 0.29) is 27.8 Å². The van der Waals surface area contributed by atoms with Crippen molar-refractivity contribution in [3.8, 4) is 17.6 Å². The number of para-hydroxylation sites is 1. The Morgan fingerprint density at radius 1 is 1.05 bits per heavy atom. The van der Waals surface area contributed by atoms with Crippen LogP contribution in [0.2, 0.25) is 5.02 Å². The Hall–Kier alpha value is -4.88. The van der Waals surface area contributed by atoms with Gasteiger partial charge in [0, 0.05) is 5.69 Å². The maximum Gasteiger partial charge on any atom is 0.337 e. The molecule has 0 saturated heterocycles. The second-order valence-electron chi connectivity index (χ2n) is 7.54. The van der Waals surface area contributed by atoms with Gasteiger partial charge in [0.05, 0.1) is 30.5 Å². The third-order valence-corrected chi connectivity index (χ3v) is 5.27. The second kappa shape index (κ2) is 12.9. The number of amides is 2. The summed E-state index contributed by atoms with van der Waals surface area (Å²) >= 11 is 6.32. The molecule has 0 aromatic heterocycles. The molecule has 0 spiro atoms. The van der Waals surface area contributed by atoms with Crippen LogP contribution < -0.4 is 20.1 Å². The number of nitriles is 1. The third kappa shape index (κ3) is 7.09. The van der Waals surface area contributed by atoms with Crippen molar-refractivity contribution in [2.24, 2.45) is 0 Å². The molecule has 194 valence electrons. The molecule has 2 amide bonds. The SMILES string of the molecule is COC(=O)c1ccc(NC(=O)/C(C#N)=C\c2cc(Cl)c(OCC(=O)Nc3ccccc3F)c(OC)c2)cc1. The largest absolute Gasteiger partial charge is 0.493 e. The molecule has 0 radical (unpaired) electrons. The number of rotatable bonds is 9. The zero-order valence-electron chi connectivity index (χ0n) is 20.2. The molecule has 0 aliphatic rings. The molecular formula is C27H21ClFN3O6. The molecule has 0 fully saturated rings. The molecule has 0 atom stereocenters. The van der Waals surface area contributed by atoms with Crippen molar-refractivity contribution < 1.29 is 33.0 Å². The highest BCUT2D eigenvalue weighted by atomic mass is 35.5. The summed E-state index contributed by atoms with van der Waals surface area (Å²) in [6.45, 7) is -0.486. The maximum atomic E-state index is 13.7. The summed E-state index contributed by atoms with van der Waals surface area (Å²) < 4.78 is 29.2. The van der Waals surface area contributed by atoms with Gasteiger partial charge >= 0.3 is 5.97 Å². The van der Waals surface area contributed by atoms with Crippen LogP contribution in [-0.2, 0) is 14.3 Å². The number of hydrogen-bond acceptors (Lipinski definition) is 7. The van der Waals surface area contributed by atoms with Crippen LogP contribution in [-0.4, -0.2) is 38.6 Å². The fourth-order valence-electron chi connectivity index (χ4n) is 3.17. The molecule has 2 N–H and O–H groups in total. The number of halogens is 2. The van der Waals surface area contributed by atoms with Crippen LogP contribution in [0, 0.1) is 17.1 Å². The molecule has 9 nitrogen and oxygen atoms in total. The van der Waals surface area contributed by atoms with Gasteiger partial charge in [0.15, 0.2) is 18.1 Å². The smallest absolute Gasteiger partial charge is 0.337 e. The van der Waals surface area contributed by atoms with Crippen molar-refractivity contribution in [3.05, 3.63) is 88.2 Å². The zero-order chi connectivity index (χ0) is 27.7. The fraction of sp³-hybridized carbons (Fsp3) is 0.111. The highest BCUT2D eigenvalue weighted by Gasteiger charge is 2.16. The summed E-state index contributed by atoms with van der Waals surface area (Å²) in [5, 5.41) is 14.5. The minimum Gasteiger partial charge on any atom is -0.493 e. The van der Waals surface area contributed by atoms with Gasteiger partial charge in [-0.25, -0.2) is 9.18 Å². The van der Waals surface area contributed by atoms with Gasteiger partial charge in [0.1, 0.15) is 17.5 Å². The topological polar surface area (TPSA) is 127 Å². The van der Waals surface area contributed by atoms with E-state index in [2.05, 4.69) is 15.4 Å². The van der Waals surface area contributed by atoms with Crippen LogP contribution in [0.5, 0.6) is 11.5 Å². The molecule has 0 unspecified atom stereocenters. The number of ether oxygens (including phenoxy) is 3. The molecule has 38 heavy (non-hydrogen) atoms. The normalized spacial score (nSPS) is 10.7. The first kappa shape index (κ1) is 27.7. The van der Waals surface area contributed by atoms with Crippen LogP contribution >= 0.6 is 11.6 Å². The summed E-state index contributed by atoms with van der Waals surface area (Å²) in [7, 11) is 2.61. The van der Waals surface area contributed by atoms with Gasteiger partial charge in [-0.2, -0.15) is 5.26 Å².